The van der Waals surface area contributed by atoms with Crippen LogP contribution < -0.4 is 0 Å². The minimum absolute atomic E-state index is 0. The molecule has 3 heteroatoms. The number of hydrogen-bond acceptors (Lipinski definition) is 1. The Hall–Kier alpha value is 0.293. The van der Waals surface area contributed by atoms with Gasteiger partial charge in [0.2, 0.25) is 0 Å². The van der Waals surface area contributed by atoms with Crippen molar-refractivity contribution in [3.63, 3.8) is 0 Å². The van der Waals surface area contributed by atoms with Crippen molar-refractivity contribution in [2.45, 2.75) is 18.7 Å². The van der Waals surface area contributed by atoms with E-state index in [0.29, 0.717) is 0 Å². The zero-order valence-corrected chi connectivity index (χ0v) is 8.18. The maximum atomic E-state index is 9.74. The van der Waals surface area contributed by atoms with Crippen molar-refractivity contribution >= 4 is 14.1 Å². The molecule has 0 aromatic carbocycles. The number of aldehydes is 1. The van der Waals surface area contributed by atoms with Crippen LogP contribution >= 0.6 is 0 Å². The Morgan fingerprint density at radius 1 is 2.00 bits per heavy atom. The van der Waals surface area contributed by atoms with Gasteiger partial charge in [-0.1, -0.05) is 0 Å². The molecule has 0 fully saturated rings. The summed E-state index contributed by atoms with van der Waals surface area (Å²) in [6.45, 7) is 3.65. The van der Waals surface area contributed by atoms with Crippen LogP contribution in [0.5, 0.6) is 0 Å². The van der Waals surface area contributed by atoms with Gasteiger partial charge in [0, 0.05) is 0 Å². The molecule has 0 heterocycles. The molecule has 1 nitrogen and oxygen atoms in total. The molecule has 0 aromatic heterocycles. The Bertz CT molecular complexity index is 82.1. The summed E-state index contributed by atoms with van der Waals surface area (Å²) >= 11 is 0. The Kier molecular flexibility index (Phi) is 8.56. The Labute approximate surface area is 73.6 Å². The zero-order chi connectivity index (χ0) is 7.11. The molecule has 0 aliphatic rings. The van der Waals surface area contributed by atoms with E-state index in [-0.39, 0.29) is 26.9 Å². The third kappa shape index (κ3) is 11.7. The first-order valence-electron chi connectivity index (χ1n) is 3.20. The molecule has 0 saturated heterocycles. The van der Waals surface area contributed by atoms with Gasteiger partial charge in [-0.2, -0.15) is 6.42 Å². The first-order chi connectivity index (χ1) is 4.31. The van der Waals surface area contributed by atoms with Gasteiger partial charge in [0.15, 0.2) is 0 Å². The smallest absolute Gasteiger partial charge is 0.348 e. The summed E-state index contributed by atoms with van der Waals surface area (Å²) in [5.74, 6) is 0.0567. The maximum absolute atomic E-state index is 9.74. The molecule has 0 spiro atoms. The quantitative estimate of drug-likeness (QED) is 0.315. The van der Waals surface area contributed by atoms with E-state index in [9.17, 15) is 4.79 Å². The Morgan fingerprint density at radius 3 is 3.11 bits per heavy atom. The van der Waals surface area contributed by atoms with Crippen LogP contribution in [-0.4, -0.2) is 15.4 Å². The minimum Gasteiger partial charge on any atom is -0.348 e. The molecule has 0 saturated carbocycles. The normalized spacial score (nSPS) is 12.3. The predicted molar refractivity (Wildman–Crippen MR) is 35.9 cm³/mol. The number of carbonyl (C=O) groups is 1. The monoisotopic (exact) mass is 294 g/mol. The summed E-state index contributed by atoms with van der Waals surface area (Å²) < 4.78 is 6.75. The van der Waals surface area contributed by atoms with Gasteiger partial charge in [0.1, 0.15) is 0 Å². The predicted octanol–water partition coefficient (Wildman–Crippen LogP) is 0.691. The van der Waals surface area contributed by atoms with Crippen molar-refractivity contribution in [2.24, 2.45) is 0 Å². The van der Waals surface area contributed by atoms with Crippen LogP contribution in [0.15, 0.2) is 0 Å². The largest absolute Gasteiger partial charge is 2.00 e. The molecule has 0 aromatic rings. The average Bonchev–Trinajstić information content (AvgIpc) is 1.89. The van der Waals surface area contributed by atoms with Gasteiger partial charge < -0.3 is 18.1 Å². The van der Waals surface area contributed by atoms with Crippen LogP contribution in [0.4, 0.5) is 0 Å². The summed E-state index contributed by atoms with van der Waals surface area (Å²) in [6.07, 6.45) is 3.84. The van der Waals surface area contributed by atoms with Crippen LogP contribution in [0, 0.1) is 13.3 Å². The second-order valence-corrected chi connectivity index (χ2v) is 1.71. The zero-order valence-electron chi connectivity index (χ0n) is 6.25. The first kappa shape index (κ1) is 9.29. The molecular formula is C6H10BOW. The van der Waals surface area contributed by atoms with Crippen molar-refractivity contribution < 1.29 is 25.9 Å². The van der Waals surface area contributed by atoms with Gasteiger partial charge in [-0.25, -0.2) is 5.82 Å². The van der Waals surface area contributed by atoms with Gasteiger partial charge >= 0.3 is 21.1 Å². The summed E-state index contributed by atoms with van der Waals surface area (Å²) in [4.78, 5) is 9.74. The second-order valence-electron chi connectivity index (χ2n) is 1.71. The fourth-order valence-electron chi connectivity index (χ4n) is 0.378. The Balaban J connectivity index is 0. The van der Waals surface area contributed by atoms with Crippen molar-refractivity contribution in [1.29, 1.82) is 1.34 Å². The molecule has 9 heavy (non-hydrogen) atoms. The van der Waals surface area contributed by atoms with Crippen molar-refractivity contribution in [3.8, 4) is 0 Å². The second kappa shape index (κ2) is 8.29. The van der Waals surface area contributed by atoms with E-state index in [2.05, 4.69) is 6.92 Å². The van der Waals surface area contributed by atoms with E-state index in [4.69, 9.17) is 1.34 Å². The third-order valence-electron chi connectivity index (χ3n) is 0.800. The first-order valence-corrected chi connectivity index (χ1v) is 2.63. The molecule has 0 amide bonds. The van der Waals surface area contributed by atoms with E-state index in [0.717, 1.165) is 19.1 Å². The van der Waals surface area contributed by atoms with Crippen LogP contribution in [0.2, 0.25) is 5.82 Å². The molecule has 0 bridgehead atoms. The fourth-order valence-corrected chi connectivity index (χ4v) is 0.378. The van der Waals surface area contributed by atoms with Crippen LogP contribution in [0.1, 0.15) is 12.8 Å². The molecule has 0 N–H and O–H groups in total. The van der Waals surface area contributed by atoms with Gasteiger partial charge in [-0.05, 0) is 7.62 Å². The van der Waals surface area contributed by atoms with Crippen molar-refractivity contribution in [3.05, 3.63) is 13.3 Å². The standard InChI is InChI=1S/C6H10BO.W/c1-6(7)4-2-3-5-8;/h3,5-7H,1-2,4H2;/q-2;+2/i7D;. The molecule has 0 rings (SSSR count). The number of hydrogen-bond donors (Lipinski definition) is 0. The Morgan fingerprint density at radius 2 is 2.67 bits per heavy atom. The molecule has 1 radical (unpaired) electrons. The van der Waals surface area contributed by atoms with Gasteiger partial charge in [0.05, 0.1) is 7.81 Å². The number of rotatable bonds is 5. The summed E-state index contributed by atoms with van der Waals surface area (Å²) in [6, 6.07) is 0. The fraction of sp³-hybridized carbons (Fsp3) is 0.500. The summed E-state index contributed by atoms with van der Waals surface area (Å²) in [7, 11) is 1.29. The van der Waals surface area contributed by atoms with Crippen molar-refractivity contribution in [1.82, 2.24) is 0 Å². The van der Waals surface area contributed by atoms with E-state index < -0.39 is 0 Å². The minimum atomic E-state index is 0. The van der Waals surface area contributed by atoms with Gasteiger partial charge in [0.25, 0.3) is 0 Å². The number of carbonyl (C=O) groups excluding carboxylic acids is 1. The van der Waals surface area contributed by atoms with E-state index in [1.54, 1.807) is 6.42 Å². The van der Waals surface area contributed by atoms with E-state index in [1.165, 1.54) is 7.81 Å². The molecule has 1 atom stereocenters. The molecule has 49 valence electrons. The average molecular weight is 294 g/mol. The van der Waals surface area contributed by atoms with Crippen LogP contribution in [0.3, 0.4) is 0 Å². The maximum Gasteiger partial charge on any atom is 2.00 e. The molecule has 0 aliphatic carbocycles. The third-order valence-corrected chi connectivity index (χ3v) is 0.800. The van der Waals surface area contributed by atoms with E-state index in [1.807, 2.05) is 0 Å². The summed E-state index contributed by atoms with van der Waals surface area (Å²) in [5, 5.41) is 0. The van der Waals surface area contributed by atoms with Crippen LogP contribution in [-0.2, 0) is 25.9 Å². The van der Waals surface area contributed by atoms with Crippen LogP contribution in [0.25, 0.3) is 0 Å². The number of unbranched alkanes of at least 4 members (excludes halogenated alkanes) is 1. The van der Waals surface area contributed by atoms with Gasteiger partial charge in [-0.3, -0.25) is 0 Å². The van der Waals surface area contributed by atoms with E-state index >= 15 is 0 Å². The SMILES string of the molecule is [2H][B]C([CH2-])CC[CH-]C=O.[W+2]. The van der Waals surface area contributed by atoms with Crippen molar-refractivity contribution in [2.75, 3.05) is 0 Å². The molecule has 1 unspecified atom stereocenters. The molecule has 0 aliphatic heterocycles. The molecular weight excluding hydrogens is 283 g/mol. The summed E-state index contributed by atoms with van der Waals surface area (Å²) in [5.41, 5.74) is 0. The topological polar surface area (TPSA) is 17.1 Å². The van der Waals surface area contributed by atoms with Gasteiger partial charge in [-0.15, -0.1) is 6.42 Å².